The molecule has 2 N–H and O–H groups in total. The van der Waals surface area contributed by atoms with Gasteiger partial charge in [0.05, 0.1) is 0 Å². The first kappa shape index (κ1) is 10.7. The van der Waals surface area contributed by atoms with Gasteiger partial charge in [-0.2, -0.15) is 0 Å². The molecular formula is C14H21N. The number of rotatable bonds is 2. The molecule has 2 rings (SSSR count). The van der Waals surface area contributed by atoms with E-state index in [1.165, 1.54) is 36.8 Å². The Kier molecular flexibility index (Phi) is 3.42. The van der Waals surface area contributed by atoms with Crippen LogP contribution in [0.3, 0.4) is 0 Å². The molecule has 1 aliphatic carbocycles. The van der Waals surface area contributed by atoms with Crippen molar-refractivity contribution in [1.82, 2.24) is 0 Å². The van der Waals surface area contributed by atoms with Gasteiger partial charge >= 0.3 is 0 Å². The van der Waals surface area contributed by atoms with Crippen LogP contribution in [0.4, 0.5) is 0 Å². The molecule has 0 aromatic heterocycles. The van der Waals surface area contributed by atoms with E-state index >= 15 is 0 Å². The molecule has 2 unspecified atom stereocenters. The molecule has 0 bridgehead atoms. The molecule has 1 saturated carbocycles. The summed E-state index contributed by atoms with van der Waals surface area (Å²) in [6.07, 6.45) is 5.37. The standard InChI is InChI=1S/C14H21N/c1-11-6-8-12(9-7-11)14-5-3-2-4-13(14)10-15/h6-9,13-14H,2-5,10,15H2,1H3. The van der Waals surface area contributed by atoms with Gasteiger partial charge in [-0.1, -0.05) is 42.7 Å². The second-order valence-electron chi connectivity index (χ2n) is 4.80. The molecule has 0 heterocycles. The summed E-state index contributed by atoms with van der Waals surface area (Å²) in [6.45, 7) is 2.99. The Morgan fingerprint density at radius 2 is 1.80 bits per heavy atom. The summed E-state index contributed by atoms with van der Waals surface area (Å²) >= 11 is 0. The van der Waals surface area contributed by atoms with Gasteiger partial charge in [0.2, 0.25) is 0 Å². The van der Waals surface area contributed by atoms with E-state index in [-0.39, 0.29) is 0 Å². The Hall–Kier alpha value is -0.820. The molecule has 15 heavy (non-hydrogen) atoms. The van der Waals surface area contributed by atoms with Crippen molar-refractivity contribution in [3.05, 3.63) is 35.4 Å². The Bertz CT molecular complexity index is 302. The second kappa shape index (κ2) is 4.80. The molecule has 0 aliphatic heterocycles. The molecule has 0 spiro atoms. The molecule has 2 atom stereocenters. The summed E-state index contributed by atoms with van der Waals surface area (Å²) in [6, 6.07) is 9.01. The Balaban J connectivity index is 2.16. The highest BCUT2D eigenvalue weighted by atomic mass is 14.6. The maximum atomic E-state index is 5.86. The zero-order chi connectivity index (χ0) is 10.7. The van der Waals surface area contributed by atoms with Crippen molar-refractivity contribution in [3.8, 4) is 0 Å². The smallest absolute Gasteiger partial charge is 0.00430 e. The van der Waals surface area contributed by atoms with Crippen LogP contribution in [0.5, 0.6) is 0 Å². The maximum Gasteiger partial charge on any atom is -0.00430 e. The van der Waals surface area contributed by atoms with Crippen molar-refractivity contribution in [2.45, 2.75) is 38.5 Å². The Labute approximate surface area is 92.7 Å². The minimum atomic E-state index is 0.710. The third kappa shape index (κ3) is 2.40. The fourth-order valence-corrected chi connectivity index (χ4v) is 2.74. The Morgan fingerprint density at radius 1 is 1.13 bits per heavy atom. The molecule has 0 saturated heterocycles. The third-order valence-electron chi connectivity index (χ3n) is 3.72. The van der Waals surface area contributed by atoms with Gasteiger partial charge in [-0.3, -0.25) is 0 Å². The summed E-state index contributed by atoms with van der Waals surface area (Å²) in [5, 5.41) is 0. The molecule has 1 fully saturated rings. The van der Waals surface area contributed by atoms with Gasteiger partial charge in [0.15, 0.2) is 0 Å². The number of hydrogen-bond donors (Lipinski definition) is 1. The van der Waals surface area contributed by atoms with Crippen molar-refractivity contribution >= 4 is 0 Å². The predicted octanol–water partition coefficient (Wildman–Crippen LogP) is 3.23. The van der Waals surface area contributed by atoms with Crippen LogP contribution in [0.15, 0.2) is 24.3 Å². The number of benzene rings is 1. The van der Waals surface area contributed by atoms with E-state index in [1.807, 2.05) is 0 Å². The SMILES string of the molecule is Cc1ccc(C2CCCCC2CN)cc1. The maximum absolute atomic E-state index is 5.86. The molecule has 1 nitrogen and oxygen atoms in total. The van der Waals surface area contributed by atoms with Gasteiger partial charge in [0.1, 0.15) is 0 Å². The average molecular weight is 203 g/mol. The molecule has 1 aromatic rings. The van der Waals surface area contributed by atoms with Gasteiger partial charge in [0, 0.05) is 0 Å². The van der Waals surface area contributed by atoms with Gasteiger partial charge in [-0.15, -0.1) is 0 Å². The minimum Gasteiger partial charge on any atom is -0.330 e. The predicted molar refractivity (Wildman–Crippen MR) is 64.9 cm³/mol. The Morgan fingerprint density at radius 3 is 2.47 bits per heavy atom. The van der Waals surface area contributed by atoms with E-state index in [0.29, 0.717) is 11.8 Å². The first-order chi connectivity index (χ1) is 7.31. The first-order valence-electron chi connectivity index (χ1n) is 6.08. The summed E-state index contributed by atoms with van der Waals surface area (Å²) in [4.78, 5) is 0. The zero-order valence-electron chi connectivity index (χ0n) is 9.58. The van der Waals surface area contributed by atoms with Gasteiger partial charge in [-0.05, 0) is 43.7 Å². The highest BCUT2D eigenvalue weighted by Gasteiger charge is 2.24. The van der Waals surface area contributed by atoms with Crippen LogP contribution in [-0.2, 0) is 0 Å². The molecule has 82 valence electrons. The summed E-state index contributed by atoms with van der Waals surface area (Å²) in [7, 11) is 0. The lowest BCUT2D eigenvalue weighted by molar-refractivity contribution is 0.314. The van der Waals surface area contributed by atoms with Crippen LogP contribution in [0.1, 0.15) is 42.7 Å². The third-order valence-corrected chi connectivity index (χ3v) is 3.72. The van der Waals surface area contributed by atoms with Gasteiger partial charge in [0.25, 0.3) is 0 Å². The molecule has 1 heteroatoms. The lowest BCUT2D eigenvalue weighted by atomic mass is 9.75. The van der Waals surface area contributed by atoms with Crippen LogP contribution in [-0.4, -0.2) is 6.54 Å². The van der Waals surface area contributed by atoms with Crippen molar-refractivity contribution in [2.75, 3.05) is 6.54 Å². The number of nitrogens with two attached hydrogens (primary N) is 1. The van der Waals surface area contributed by atoms with E-state index in [0.717, 1.165) is 6.54 Å². The monoisotopic (exact) mass is 203 g/mol. The fraction of sp³-hybridized carbons (Fsp3) is 0.571. The first-order valence-corrected chi connectivity index (χ1v) is 6.08. The van der Waals surface area contributed by atoms with Crippen molar-refractivity contribution in [3.63, 3.8) is 0 Å². The lowest BCUT2D eigenvalue weighted by Crippen LogP contribution is -2.25. The minimum absolute atomic E-state index is 0.710. The van der Waals surface area contributed by atoms with E-state index in [2.05, 4.69) is 31.2 Å². The lowest BCUT2D eigenvalue weighted by Gasteiger charge is -2.31. The van der Waals surface area contributed by atoms with Crippen LogP contribution in [0.25, 0.3) is 0 Å². The summed E-state index contributed by atoms with van der Waals surface area (Å²) in [5.41, 5.74) is 8.70. The largest absolute Gasteiger partial charge is 0.330 e. The van der Waals surface area contributed by atoms with E-state index in [1.54, 1.807) is 0 Å². The molecule has 1 aromatic carbocycles. The molecule has 1 aliphatic rings. The number of hydrogen-bond acceptors (Lipinski definition) is 1. The zero-order valence-corrected chi connectivity index (χ0v) is 9.58. The van der Waals surface area contributed by atoms with E-state index in [9.17, 15) is 0 Å². The number of aryl methyl sites for hydroxylation is 1. The van der Waals surface area contributed by atoms with Crippen LogP contribution in [0.2, 0.25) is 0 Å². The van der Waals surface area contributed by atoms with Gasteiger partial charge in [-0.25, -0.2) is 0 Å². The summed E-state index contributed by atoms with van der Waals surface area (Å²) < 4.78 is 0. The molecule has 0 radical (unpaired) electrons. The highest BCUT2D eigenvalue weighted by Crippen LogP contribution is 2.37. The van der Waals surface area contributed by atoms with Crippen molar-refractivity contribution in [2.24, 2.45) is 11.7 Å². The summed E-state index contributed by atoms with van der Waals surface area (Å²) in [5.74, 6) is 1.42. The second-order valence-corrected chi connectivity index (χ2v) is 4.80. The van der Waals surface area contributed by atoms with E-state index in [4.69, 9.17) is 5.73 Å². The normalized spacial score (nSPS) is 26.5. The van der Waals surface area contributed by atoms with Crippen LogP contribution in [0, 0.1) is 12.8 Å². The van der Waals surface area contributed by atoms with Crippen molar-refractivity contribution < 1.29 is 0 Å². The quantitative estimate of drug-likeness (QED) is 0.784. The van der Waals surface area contributed by atoms with Crippen LogP contribution >= 0.6 is 0 Å². The average Bonchev–Trinajstić information content (AvgIpc) is 2.30. The topological polar surface area (TPSA) is 26.0 Å². The van der Waals surface area contributed by atoms with E-state index < -0.39 is 0 Å². The van der Waals surface area contributed by atoms with Crippen molar-refractivity contribution in [1.29, 1.82) is 0 Å². The molecule has 0 amide bonds. The molecular weight excluding hydrogens is 182 g/mol. The fourth-order valence-electron chi connectivity index (χ4n) is 2.74. The highest BCUT2D eigenvalue weighted by molar-refractivity contribution is 5.25. The van der Waals surface area contributed by atoms with Crippen LogP contribution < -0.4 is 5.73 Å². The van der Waals surface area contributed by atoms with Gasteiger partial charge < -0.3 is 5.73 Å².